The molecule has 0 fully saturated rings. The first kappa shape index (κ1) is 14.8. The van der Waals surface area contributed by atoms with Crippen LogP contribution in [0.15, 0.2) is 19.0 Å². The van der Waals surface area contributed by atoms with Crippen molar-refractivity contribution in [2.45, 2.75) is 6.42 Å². The quantitative estimate of drug-likeness (QED) is 0.312. The first-order valence-electron chi connectivity index (χ1n) is 5.66. The molecule has 1 heterocycles. The predicted octanol–water partition coefficient (Wildman–Crippen LogP) is 1.40. The van der Waals surface area contributed by atoms with Crippen molar-refractivity contribution < 1.29 is 14.4 Å². The first-order chi connectivity index (χ1) is 9.20. The molecule has 104 valence electrons. The van der Waals surface area contributed by atoms with Crippen molar-refractivity contribution in [3.63, 3.8) is 0 Å². The van der Waals surface area contributed by atoms with Gasteiger partial charge in [0.1, 0.15) is 6.33 Å². The van der Waals surface area contributed by atoms with Gasteiger partial charge < -0.3 is 14.8 Å². The van der Waals surface area contributed by atoms with E-state index in [0.717, 1.165) is 6.42 Å². The van der Waals surface area contributed by atoms with Crippen LogP contribution in [-0.2, 0) is 4.74 Å². The molecule has 0 saturated heterocycles. The lowest BCUT2D eigenvalue weighted by molar-refractivity contribution is -0.385. The number of nitro groups is 1. The number of aromatic nitrogens is 2. The Morgan fingerprint density at radius 3 is 2.95 bits per heavy atom. The summed E-state index contributed by atoms with van der Waals surface area (Å²) in [6.07, 6.45) is 3.72. The molecular weight excluding hydrogens is 252 g/mol. The van der Waals surface area contributed by atoms with Crippen LogP contribution < -0.4 is 10.1 Å². The molecule has 0 unspecified atom stereocenters. The molecule has 1 N–H and O–H groups in total. The second-order valence-corrected chi connectivity index (χ2v) is 3.45. The van der Waals surface area contributed by atoms with E-state index >= 15 is 0 Å². The van der Waals surface area contributed by atoms with Crippen molar-refractivity contribution in [2.24, 2.45) is 0 Å². The van der Waals surface area contributed by atoms with Gasteiger partial charge in [-0.25, -0.2) is 4.98 Å². The molecule has 0 saturated carbocycles. The van der Waals surface area contributed by atoms with Crippen LogP contribution in [-0.4, -0.2) is 41.8 Å². The summed E-state index contributed by atoms with van der Waals surface area (Å²) in [5.41, 5.74) is -0.281. The minimum atomic E-state index is -0.584. The van der Waals surface area contributed by atoms with E-state index in [1.54, 1.807) is 6.08 Å². The van der Waals surface area contributed by atoms with Gasteiger partial charge in [-0.1, -0.05) is 6.08 Å². The smallest absolute Gasteiger partial charge is 0.372 e. The second kappa shape index (κ2) is 7.98. The Labute approximate surface area is 110 Å². The fraction of sp³-hybridized carbons (Fsp3) is 0.455. The molecule has 8 nitrogen and oxygen atoms in total. The maximum atomic E-state index is 10.9. The summed E-state index contributed by atoms with van der Waals surface area (Å²) in [7, 11) is 1.32. The van der Waals surface area contributed by atoms with E-state index in [1.807, 2.05) is 0 Å². The lowest BCUT2D eigenvalue weighted by Gasteiger charge is -2.07. The minimum absolute atomic E-state index is 0.0740. The highest BCUT2D eigenvalue weighted by molar-refractivity contribution is 5.60. The molecule has 1 aromatic rings. The molecule has 0 radical (unpaired) electrons. The summed E-state index contributed by atoms with van der Waals surface area (Å²) < 4.78 is 10.1. The molecule has 1 aromatic heterocycles. The van der Waals surface area contributed by atoms with Crippen molar-refractivity contribution in [3.8, 4) is 5.88 Å². The van der Waals surface area contributed by atoms with Gasteiger partial charge in [0.2, 0.25) is 5.82 Å². The summed E-state index contributed by atoms with van der Waals surface area (Å²) in [6.45, 7) is 4.96. The zero-order chi connectivity index (χ0) is 14.1. The molecular formula is C11H16N4O4. The maximum absolute atomic E-state index is 10.9. The highest BCUT2D eigenvalue weighted by Crippen LogP contribution is 2.29. The second-order valence-electron chi connectivity index (χ2n) is 3.45. The summed E-state index contributed by atoms with van der Waals surface area (Å²) in [6, 6.07) is 0. The Bertz CT molecular complexity index is 439. The SMILES string of the molecule is C=CCCOCCNc1ncnc(OC)c1[N+](=O)[O-]. The van der Waals surface area contributed by atoms with Crippen molar-refractivity contribution in [2.75, 3.05) is 32.2 Å². The van der Waals surface area contributed by atoms with Crippen molar-refractivity contribution in [3.05, 3.63) is 29.1 Å². The summed E-state index contributed by atoms with van der Waals surface area (Å²) >= 11 is 0. The molecule has 0 spiro atoms. The van der Waals surface area contributed by atoms with Gasteiger partial charge in [-0.15, -0.1) is 6.58 Å². The number of methoxy groups -OCH3 is 1. The van der Waals surface area contributed by atoms with Crippen LogP contribution in [0.5, 0.6) is 5.88 Å². The third-order valence-corrected chi connectivity index (χ3v) is 2.17. The fourth-order valence-corrected chi connectivity index (χ4v) is 1.32. The van der Waals surface area contributed by atoms with Gasteiger partial charge in [0.15, 0.2) is 0 Å². The lowest BCUT2D eigenvalue weighted by Crippen LogP contribution is -2.13. The zero-order valence-corrected chi connectivity index (χ0v) is 10.7. The number of anilines is 1. The fourth-order valence-electron chi connectivity index (χ4n) is 1.32. The topological polar surface area (TPSA) is 99.4 Å². The Morgan fingerprint density at radius 2 is 2.32 bits per heavy atom. The highest BCUT2D eigenvalue weighted by Gasteiger charge is 2.23. The van der Waals surface area contributed by atoms with Gasteiger partial charge in [-0.3, -0.25) is 10.1 Å². The van der Waals surface area contributed by atoms with Gasteiger partial charge in [-0.05, 0) is 6.42 Å². The number of rotatable bonds is 9. The van der Waals surface area contributed by atoms with Crippen LogP contribution in [0.25, 0.3) is 0 Å². The Morgan fingerprint density at radius 1 is 1.53 bits per heavy atom. The van der Waals surface area contributed by atoms with Gasteiger partial charge in [0.05, 0.1) is 25.2 Å². The summed E-state index contributed by atoms with van der Waals surface area (Å²) in [5, 5.41) is 13.8. The predicted molar refractivity (Wildman–Crippen MR) is 69.4 cm³/mol. The van der Waals surface area contributed by atoms with E-state index in [9.17, 15) is 10.1 Å². The van der Waals surface area contributed by atoms with E-state index < -0.39 is 4.92 Å². The van der Waals surface area contributed by atoms with Gasteiger partial charge in [0, 0.05) is 6.54 Å². The molecule has 0 atom stereocenters. The molecule has 0 aliphatic heterocycles. The summed E-state index contributed by atoms with van der Waals surface area (Å²) in [4.78, 5) is 17.9. The third kappa shape index (κ3) is 4.51. The normalized spacial score (nSPS) is 9.95. The van der Waals surface area contributed by atoms with Crippen molar-refractivity contribution in [1.29, 1.82) is 0 Å². The zero-order valence-electron chi connectivity index (χ0n) is 10.7. The van der Waals surface area contributed by atoms with Crippen molar-refractivity contribution in [1.82, 2.24) is 9.97 Å². The maximum Gasteiger partial charge on any atom is 0.372 e. The van der Waals surface area contributed by atoms with E-state index in [0.29, 0.717) is 19.8 Å². The number of hydrogen-bond donors (Lipinski definition) is 1. The molecule has 8 heteroatoms. The average Bonchev–Trinajstić information content (AvgIpc) is 2.42. The number of nitrogens with one attached hydrogen (secondary N) is 1. The summed E-state index contributed by atoms with van der Waals surface area (Å²) in [5.74, 6) is 0.0410. The van der Waals surface area contributed by atoms with Gasteiger partial charge >= 0.3 is 5.69 Å². The van der Waals surface area contributed by atoms with Gasteiger partial charge in [0.25, 0.3) is 5.88 Å². The van der Waals surface area contributed by atoms with Crippen LogP contribution in [0.1, 0.15) is 6.42 Å². The van der Waals surface area contributed by atoms with Crippen LogP contribution in [0.3, 0.4) is 0 Å². The van der Waals surface area contributed by atoms with E-state index in [1.165, 1.54) is 13.4 Å². The number of ether oxygens (including phenoxy) is 2. The first-order valence-corrected chi connectivity index (χ1v) is 5.66. The number of nitrogens with zero attached hydrogens (tertiary/aromatic N) is 3. The monoisotopic (exact) mass is 268 g/mol. The minimum Gasteiger partial charge on any atom is -0.476 e. The average molecular weight is 268 g/mol. The van der Waals surface area contributed by atoms with Crippen LogP contribution >= 0.6 is 0 Å². The van der Waals surface area contributed by atoms with E-state index in [-0.39, 0.29) is 17.4 Å². The Kier molecular flexibility index (Phi) is 6.23. The Hall–Kier alpha value is -2.22. The van der Waals surface area contributed by atoms with Crippen LogP contribution in [0.4, 0.5) is 11.5 Å². The molecule has 0 bridgehead atoms. The molecule has 0 aliphatic carbocycles. The molecule has 0 amide bonds. The van der Waals surface area contributed by atoms with Crippen LogP contribution in [0, 0.1) is 10.1 Å². The third-order valence-electron chi connectivity index (χ3n) is 2.17. The lowest BCUT2D eigenvalue weighted by atomic mass is 10.4. The molecule has 0 aromatic carbocycles. The Balaban J connectivity index is 2.57. The molecule has 19 heavy (non-hydrogen) atoms. The molecule has 0 aliphatic rings. The van der Waals surface area contributed by atoms with E-state index in [4.69, 9.17) is 9.47 Å². The number of hydrogen-bond acceptors (Lipinski definition) is 7. The highest BCUT2D eigenvalue weighted by atomic mass is 16.6. The van der Waals surface area contributed by atoms with E-state index in [2.05, 4.69) is 21.9 Å². The standard InChI is InChI=1S/C11H16N4O4/c1-3-4-6-19-7-5-12-10-9(15(16)17)11(18-2)14-8-13-10/h3,8H,1,4-7H2,2H3,(H,12,13,14). The van der Waals surface area contributed by atoms with Crippen LogP contribution in [0.2, 0.25) is 0 Å². The largest absolute Gasteiger partial charge is 0.476 e. The van der Waals surface area contributed by atoms with Crippen molar-refractivity contribution >= 4 is 11.5 Å². The molecule has 1 rings (SSSR count). The van der Waals surface area contributed by atoms with Gasteiger partial charge in [-0.2, -0.15) is 4.98 Å².